The summed E-state index contributed by atoms with van der Waals surface area (Å²) in [7, 11) is 0. The van der Waals surface area contributed by atoms with E-state index in [2.05, 4.69) is 15.7 Å². The van der Waals surface area contributed by atoms with Gasteiger partial charge in [0, 0.05) is 12.6 Å². The molecule has 11 nitrogen and oxygen atoms in total. The molecule has 0 spiro atoms. The maximum atomic E-state index is 11.4. The number of carboxylic acid groups (broad SMARTS) is 3. The Hall–Kier alpha value is -3.11. The van der Waals surface area contributed by atoms with Gasteiger partial charge in [0.2, 0.25) is 5.91 Å². The van der Waals surface area contributed by atoms with Crippen LogP contribution in [0.4, 0.5) is 0 Å². The van der Waals surface area contributed by atoms with Crippen molar-refractivity contribution in [2.24, 2.45) is 5.92 Å². The fourth-order valence-electron chi connectivity index (χ4n) is 2.19. The first kappa shape index (κ1) is 20.9. The topological polar surface area (TPSA) is 171 Å². The van der Waals surface area contributed by atoms with Crippen LogP contribution in [0.3, 0.4) is 0 Å². The predicted molar refractivity (Wildman–Crippen MR) is 88.0 cm³/mol. The molecule has 0 saturated carbocycles. The number of hydrogen-bond acceptors (Lipinski definition) is 6. The molecule has 0 aliphatic rings. The molecule has 0 fully saturated rings. The molecule has 2 atom stereocenters. The summed E-state index contributed by atoms with van der Waals surface area (Å²) >= 11 is 0. The predicted octanol–water partition coefficient (Wildman–Crippen LogP) is -0.487. The van der Waals surface area contributed by atoms with E-state index in [1.165, 1.54) is 17.2 Å². The lowest BCUT2D eigenvalue weighted by atomic mass is 10.0. The number of carboxylic acids is 3. The van der Waals surface area contributed by atoms with Gasteiger partial charge in [0.05, 0.1) is 5.69 Å². The number of hydrogen-bond donors (Lipinski definition) is 5. The van der Waals surface area contributed by atoms with E-state index in [1.807, 2.05) is 13.8 Å². The number of aliphatic carboxylic acids is 3. The summed E-state index contributed by atoms with van der Waals surface area (Å²) in [6.07, 6.45) is 2.07. The van der Waals surface area contributed by atoms with Gasteiger partial charge in [0.1, 0.15) is 24.8 Å². The number of nitrogens with zero attached hydrogens (tertiary/aromatic N) is 2. The van der Waals surface area contributed by atoms with Gasteiger partial charge in [-0.05, 0) is 12.3 Å². The second-order valence-corrected chi connectivity index (χ2v) is 6.15. The van der Waals surface area contributed by atoms with Gasteiger partial charge in [-0.25, -0.2) is 14.6 Å². The minimum atomic E-state index is -1.37. The average molecular weight is 370 g/mol. The smallest absolute Gasteiger partial charge is 0.327 e. The Morgan fingerprint density at radius 1 is 1.12 bits per heavy atom. The Morgan fingerprint density at radius 3 is 2.23 bits per heavy atom. The first-order valence-electron chi connectivity index (χ1n) is 7.84. The molecule has 26 heavy (non-hydrogen) atoms. The lowest BCUT2D eigenvalue weighted by Gasteiger charge is -2.17. The Bertz CT molecular complexity index is 671. The Kier molecular flexibility index (Phi) is 7.56. The average Bonchev–Trinajstić information content (AvgIpc) is 2.91. The van der Waals surface area contributed by atoms with Crippen molar-refractivity contribution in [2.45, 2.75) is 45.2 Å². The van der Waals surface area contributed by atoms with E-state index in [-0.39, 0.29) is 18.0 Å². The van der Waals surface area contributed by atoms with Crippen molar-refractivity contribution in [3.8, 4) is 0 Å². The fraction of sp³-hybridized carbons (Fsp3) is 0.533. The van der Waals surface area contributed by atoms with Gasteiger partial charge in [-0.3, -0.25) is 14.3 Å². The summed E-state index contributed by atoms with van der Waals surface area (Å²) in [5.41, 5.74) is 3.03. The van der Waals surface area contributed by atoms with Crippen LogP contribution in [0, 0.1) is 5.92 Å². The van der Waals surface area contributed by atoms with Gasteiger partial charge < -0.3 is 26.1 Å². The molecule has 0 aromatic carbocycles. The first-order valence-corrected chi connectivity index (χ1v) is 7.84. The zero-order chi connectivity index (χ0) is 19.9. The number of aromatic nitrogens is 2. The summed E-state index contributed by atoms with van der Waals surface area (Å²) in [6, 6.07) is -2.20. The van der Waals surface area contributed by atoms with Crippen molar-refractivity contribution in [3.05, 3.63) is 18.2 Å². The number of imidazole rings is 1. The van der Waals surface area contributed by atoms with Gasteiger partial charge in [-0.2, -0.15) is 0 Å². The maximum Gasteiger partial charge on any atom is 0.327 e. The van der Waals surface area contributed by atoms with E-state index in [1.54, 1.807) is 0 Å². The normalized spacial score (nSPS) is 13.0. The lowest BCUT2D eigenvalue weighted by Crippen LogP contribution is -2.43. The zero-order valence-corrected chi connectivity index (χ0v) is 14.4. The first-order chi connectivity index (χ1) is 12.1. The molecule has 144 valence electrons. The van der Waals surface area contributed by atoms with Crippen molar-refractivity contribution in [3.63, 3.8) is 0 Å². The van der Waals surface area contributed by atoms with Crippen molar-refractivity contribution in [2.75, 3.05) is 5.43 Å². The quantitative estimate of drug-likeness (QED) is 0.322. The van der Waals surface area contributed by atoms with Crippen LogP contribution >= 0.6 is 0 Å². The molecular weight excluding hydrogens is 348 g/mol. The van der Waals surface area contributed by atoms with E-state index in [0.29, 0.717) is 6.42 Å². The molecule has 5 N–H and O–H groups in total. The molecular formula is C15H22N4O7. The zero-order valence-electron chi connectivity index (χ0n) is 14.4. The molecule has 1 rings (SSSR count). The van der Waals surface area contributed by atoms with Crippen LogP contribution < -0.4 is 10.7 Å². The van der Waals surface area contributed by atoms with Crippen LogP contribution in [-0.2, 0) is 25.6 Å². The van der Waals surface area contributed by atoms with Crippen LogP contribution in [0.1, 0.15) is 32.4 Å². The van der Waals surface area contributed by atoms with Crippen molar-refractivity contribution >= 4 is 23.8 Å². The highest BCUT2D eigenvalue weighted by molar-refractivity contribution is 5.95. The van der Waals surface area contributed by atoms with E-state index in [0.717, 1.165) is 0 Å². The van der Waals surface area contributed by atoms with Crippen LogP contribution in [-0.4, -0.2) is 60.9 Å². The summed E-state index contributed by atoms with van der Waals surface area (Å²) in [4.78, 5) is 48.4. The standard InChI is InChI=1S/C15H22N4O7/c1-8(2)3-11(15(25)26)18-19-6-9(16-7-19)4-10(14(23)24)17-12(20)5-13(21)22/h6-8,10-11,18H,3-5H2,1-2H3,(H,17,20)(H,21,22)(H,23,24)(H,25,26)/t10-,11-/m0/s1. The number of nitrogens with one attached hydrogen (secondary N) is 2. The van der Waals surface area contributed by atoms with Crippen LogP contribution in [0.15, 0.2) is 12.5 Å². The van der Waals surface area contributed by atoms with Gasteiger partial charge in [0.25, 0.3) is 0 Å². The lowest BCUT2D eigenvalue weighted by molar-refractivity contribution is -0.145. The molecule has 0 aliphatic heterocycles. The largest absolute Gasteiger partial charge is 0.481 e. The Morgan fingerprint density at radius 2 is 1.73 bits per heavy atom. The molecule has 0 saturated heterocycles. The minimum absolute atomic E-state index is 0.146. The number of carbonyl (C=O) groups excluding carboxylic acids is 1. The second-order valence-electron chi connectivity index (χ2n) is 6.15. The van der Waals surface area contributed by atoms with E-state index < -0.39 is 42.3 Å². The third-order valence-corrected chi connectivity index (χ3v) is 3.30. The molecule has 1 amide bonds. The molecule has 1 heterocycles. The Labute approximate surface area is 149 Å². The molecule has 1 aromatic heterocycles. The highest BCUT2D eigenvalue weighted by atomic mass is 16.4. The van der Waals surface area contributed by atoms with Gasteiger partial charge in [-0.1, -0.05) is 13.8 Å². The third kappa shape index (κ3) is 7.20. The van der Waals surface area contributed by atoms with Gasteiger partial charge in [0.15, 0.2) is 0 Å². The van der Waals surface area contributed by atoms with E-state index >= 15 is 0 Å². The summed E-state index contributed by atoms with van der Waals surface area (Å²) in [6.45, 7) is 3.77. The summed E-state index contributed by atoms with van der Waals surface area (Å²) < 4.78 is 1.31. The molecule has 1 aromatic rings. The molecule has 0 unspecified atom stereocenters. The highest BCUT2D eigenvalue weighted by Crippen LogP contribution is 2.07. The monoisotopic (exact) mass is 370 g/mol. The Balaban J connectivity index is 2.74. The van der Waals surface area contributed by atoms with Crippen LogP contribution in [0.5, 0.6) is 0 Å². The molecule has 0 bridgehead atoms. The second kappa shape index (κ2) is 9.39. The molecule has 0 radical (unpaired) electrons. The van der Waals surface area contributed by atoms with Crippen LogP contribution in [0.2, 0.25) is 0 Å². The van der Waals surface area contributed by atoms with Crippen molar-refractivity contribution in [1.29, 1.82) is 0 Å². The number of amides is 1. The molecule has 11 heteroatoms. The SMILES string of the molecule is CC(C)C[C@H](Nn1cnc(C[C@H](NC(=O)CC(=O)O)C(=O)O)c1)C(=O)O. The highest BCUT2D eigenvalue weighted by Gasteiger charge is 2.23. The summed E-state index contributed by atoms with van der Waals surface area (Å²) in [5, 5.41) is 29.0. The van der Waals surface area contributed by atoms with E-state index in [9.17, 15) is 24.3 Å². The molecule has 0 aliphatic carbocycles. The van der Waals surface area contributed by atoms with E-state index in [4.69, 9.17) is 10.2 Å². The maximum absolute atomic E-state index is 11.4. The van der Waals surface area contributed by atoms with Crippen LogP contribution in [0.25, 0.3) is 0 Å². The number of carbonyl (C=O) groups is 4. The van der Waals surface area contributed by atoms with Crippen molar-refractivity contribution < 1.29 is 34.5 Å². The number of rotatable bonds is 11. The van der Waals surface area contributed by atoms with Gasteiger partial charge in [-0.15, -0.1) is 0 Å². The fourth-order valence-corrected chi connectivity index (χ4v) is 2.19. The van der Waals surface area contributed by atoms with Gasteiger partial charge >= 0.3 is 17.9 Å². The van der Waals surface area contributed by atoms with Crippen molar-refractivity contribution in [1.82, 2.24) is 15.0 Å². The third-order valence-electron chi connectivity index (χ3n) is 3.30. The minimum Gasteiger partial charge on any atom is -0.481 e. The summed E-state index contributed by atoms with van der Waals surface area (Å²) in [5.74, 6) is -4.52.